The zero-order valence-electron chi connectivity index (χ0n) is 12.3. The molecule has 0 aromatic heterocycles. The Morgan fingerprint density at radius 2 is 1.85 bits per heavy atom. The van der Waals surface area contributed by atoms with Crippen LogP contribution in [0.1, 0.15) is 33.6 Å². The highest BCUT2D eigenvalue weighted by molar-refractivity contribution is 7.89. The Labute approximate surface area is 122 Å². The molecule has 1 aliphatic carbocycles. The molecule has 0 aliphatic heterocycles. The number of hydrogen-bond donors (Lipinski definition) is 1. The van der Waals surface area contributed by atoms with Crippen LogP contribution in [0, 0.1) is 11.8 Å². The van der Waals surface area contributed by atoms with Crippen molar-refractivity contribution in [2.75, 3.05) is 0 Å². The molecule has 1 aliphatic rings. The number of allylic oxidation sites excluding steroid dienone is 1. The normalized spacial score (nSPS) is 18.3. The van der Waals surface area contributed by atoms with E-state index >= 15 is 0 Å². The molecule has 0 saturated heterocycles. The molecular formula is C16H23NO2S. The molecule has 1 atom stereocenters. The minimum Gasteiger partial charge on any atom is -0.207 e. The molecule has 1 unspecified atom stereocenters. The molecular weight excluding hydrogens is 270 g/mol. The van der Waals surface area contributed by atoms with Gasteiger partial charge in [-0.1, -0.05) is 43.7 Å². The van der Waals surface area contributed by atoms with Gasteiger partial charge in [0.15, 0.2) is 0 Å². The third-order valence-electron chi connectivity index (χ3n) is 3.79. The fraction of sp³-hybridized carbons (Fsp3) is 0.500. The van der Waals surface area contributed by atoms with Crippen LogP contribution in [0.5, 0.6) is 0 Å². The predicted molar refractivity (Wildman–Crippen MR) is 81.9 cm³/mol. The van der Waals surface area contributed by atoms with Crippen LogP contribution in [0.25, 0.3) is 0 Å². The van der Waals surface area contributed by atoms with Crippen molar-refractivity contribution in [2.45, 2.75) is 44.6 Å². The highest BCUT2D eigenvalue weighted by atomic mass is 32.2. The summed E-state index contributed by atoms with van der Waals surface area (Å²) in [5.41, 5.74) is 1.19. The van der Waals surface area contributed by atoms with E-state index in [0.717, 1.165) is 12.8 Å². The lowest BCUT2D eigenvalue weighted by molar-refractivity contribution is 0.521. The van der Waals surface area contributed by atoms with E-state index in [9.17, 15) is 8.42 Å². The Morgan fingerprint density at radius 3 is 2.30 bits per heavy atom. The molecule has 0 spiro atoms. The van der Waals surface area contributed by atoms with Gasteiger partial charge < -0.3 is 0 Å². The molecule has 4 heteroatoms. The average molecular weight is 293 g/mol. The van der Waals surface area contributed by atoms with Crippen molar-refractivity contribution in [2.24, 2.45) is 11.8 Å². The van der Waals surface area contributed by atoms with Crippen LogP contribution < -0.4 is 4.72 Å². The topological polar surface area (TPSA) is 46.2 Å². The maximum atomic E-state index is 12.5. The first-order valence-electron chi connectivity index (χ1n) is 7.19. The van der Waals surface area contributed by atoms with Gasteiger partial charge in [-0.3, -0.25) is 0 Å². The van der Waals surface area contributed by atoms with Crippen LogP contribution >= 0.6 is 0 Å². The number of rotatable bonds is 6. The highest BCUT2D eigenvalue weighted by Crippen LogP contribution is 2.38. The maximum Gasteiger partial charge on any atom is 0.241 e. The summed E-state index contributed by atoms with van der Waals surface area (Å²) in [7, 11) is -3.44. The van der Waals surface area contributed by atoms with Crippen molar-refractivity contribution in [3.8, 4) is 0 Å². The van der Waals surface area contributed by atoms with Gasteiger partial charge in [-0.05, 0) is 43.7 Å². The Bertz CT molecular complexity index is 572. The number of sulfonamides is 1. The van der Waals surface area contributed by atoms with Crippen molar-refractivity contribution in [1.29, 1.82) is 0 Å². The second kappa shape index (κ2) is 6.10. The summed E-state index contributed by atoms with van der Waals surface area (Å²) < 4.78 is 27.9. The Morgan fingerprint density at radius 1 is 1.25 bits per heavy atom. The zero-order chi connectivity index (χ0) is 14.8. The molecule has 1 saturated carbocycles. The first kappa shape index (κ1) is 15.3. The van der Waals surface area contributed by atoms with Crippen molar-refractivity contribution in [3.63, 3.8) is 0 Å². The van der Waals surface area contributed by atoms with Crippen molar-refractivity contribution in [1.82, 2.24) is 4.72 Å². The van der Waals surface area contributed by atoms with E-state index < -0.39 is 10.0 Å². The van der Waals surface area contributed by atoms with E-state index in [1.54, 1.807) is 24.3 Å². The van der Waals surface area contributed by atoms with Crippen LogP contribution in [-0.4, -0.2) is 14.5 Å². The van der Waals surface area contributed by atoms with E-state index in [1.807, 2.05) is 13.0 Å². The van der Waals surface area contributed by atoms with Crippen LogP contribution in [-0.2, 0) is 10.0 Å². The summed E-state index contributed by atoms with van der Waals surface area (Å²) in [6.07, 6.45) is 4.26. The lowest BCUT2D eigenvalue weighted by Gasteiger charge is -2.24. The van der Waals surface area contributed by atoms with Crippen LogP contribution in [0.3, 0.4) is 0 Å². The monoisotopic (exact) mass is 293 g/mol. The Hall–Kier alpha value is -1.13. The first-order valence-corrected chi connectivity index (χ1v) is 8.67. The van der Waals surface area contributed by atoms with Crippen molar-refractivity contribution >= 4 is 10.0 Å². The van der Waals surface area contributed by atoms with Gasteiger partial charge in [0.05, 0.1) is 4.90 Å². The van der Waals surface area contributed by atoms with E-state index in [0.29, 0.717) is 16.7 Å². The molecule has 0 heterocycles. The summed E-state index contributed by atoms with van der Waals surface area (Å²) in [4.78, 5) is 0.338. The summed E-state index contributed by atoms with van der Waals surface area (Å²) in [5, 5.41) is 0. The second-order valence-electron chi connectivity index (χ2n) is 5.69. The molecule has 20 heavy (non-hydrogen) atoms. The van der Waals surface area contributed by atoms with Gasteiger partial charge in [0, 0.05) is 6.04 Å². The van der Waals surface area contributed by atoms with Gasteiger partial charge in [0.1, 0.15) is 0 Å². The zero-order valence-corrected chi connectivity index (χ0v) is 13.2. The molecule has 110 valence electrons. The summed E-state index contributed by atoms with van der Waals surface area (Å²) in [6.45, 7) is 6.21. The number of nitrogens with one attached hydrogen (secondary N) is 1. The lowest BCUT2D eigenvalue weighted by Crippen LogP contribution is -2.39. The first-order chi connectivity index (χ1) is 9.45. The Kier molecular flexibility index (Phi) is 4.66. The van der Waals surface area contributed by atoms with E-state index in [1.165, 1.54) is 5.57 Å². The molecule has 1 aromatic rings. The highest BCUT2D eigenvalue weighted by Gasteiger charge is 2.36. The number of hydrogen-bond acceptors (Lipinski definition) is 2. The standard InChI is InChI=1S/C16H23NO2S/c1-4-15(12(2)3)16(13-10-11-13)17-20(18,19)14-8-6-5-7-9-14/h4-9,12-13,16-17H,10-11H2,1-3H3/b15-4+. The van der Waals surface area contributed by atoms with Crippen LogP contribution in [0.15, 0.2) is 46.9 Å². The molecule has 0 bridgehead atoms. The SMILES string of the molecule is C/C=C(\C(C)C)C(NS(=O)(=O)c1ccccc1)C1CC1. The smallest absolute Gasteiger partial charge is 0.207 e. The van der Waals surface area contributed by atoms with Gasteiger partial charge in [-0.25, -0.2) is 13.1 Å². The van der Waals surface area contributed by atoms with Gasteiger partial charge in [0.25, 0.3) is 0 Å². The minimum atomic E-state index is -3.44. The molecule has 1 fully saturated rings. The van der Waals surface area contributed by atoms with Crippen LogP contribution in [0.4, 0.5) is 0 Å². The molecule has 0 radical (unpaired) electrons. The molecule has 0 amide bonds. The van der Waals surface area contributed by atoms with E-state index in [-0.39, 0.29) is 6.04 Å². The molecule has 1 aromatic carbocycles. The average Bonchev–Trinajstić information content (AvgIpc) is 3.23. The second-order valence-corrected chi connectivity index (χ2v) is 7.41. The van der Waals surface area contributed by atoms with Crippen LogP contribution in [0.2, 0.25) is 0 Å². The van der Waals surface area contributed by atoms with Gasteiger partial charge >= 0.3 is 0 Å². The largest absolute Gasteiger partial charge is 0.241 e. The third-order valence-corrected chi connectivity index (χ3v) is 5.25. The summed E-state index contributed by atoms with van der Waals surface area (Å²) in [5.74, 6) is 0.797. The lowest BCUT2D eigenvalue weighted by atomic mass is 9.93. The number of benzene rings is 1. The quantitative estimate of drug-likeness (QED) is 0.818. The summed E-state index contributed by atoms with van der Waals surface area (Å²) >= 11 is 0. The minimum absolute atomic E-state index is 0.0646. The fourth-order valence-corrected chi connectivity index (χ4v) is 3.89. The summed E-state index contributed by atoms with van der Waals surface area (Å²) in [6, 6.07) is 8.53. The van der Waals surface area contributed by atoms with Crippen molar-refractivity contribution < 1.29 is 8.42 Å². The molecule has 3 nitrogen and oxygen atoms in total. The van der Waals surface area contributed by atoms with Crippen molar-refractivity contribution in [3.05, 3.63) is 42.0 Å². The Balaban J connectivity index is 2.25. The van der Waals surface area contributed by atoms with E-state index in [2.05, 4.69) is 24.6 Å². The third kappa shape index (κ3) is 3.49. The molecule has 1 N–H and O–H groups in total. The van der Waals surface area contributed by atoms with Gasteiger partial charge in [0.2, 0.25) is 10.0 Å². The maximum absolute atomic E-state index is 12.5. The van der Waals surface area contributed by atoms with Gasteiger partial charge in [-0.15, -0.1) is 0 Å². The predicted octanol–water partition coefficient (Wildman–Crippen LogP) is 3.35. The van der Waals surface area contributed by atoms with E-state index in [4.69, 9.17) is 0 Å². The molecule has 2 rings (SSSR count). The van der Waals surface area contributed by atoms with Gasteiger partial charge in [-0.2, -0.15) is 0 Å². The fourth-order valence-electron chi connectivity index (χ4n) is 2.57.